The van der Waals surface area contributed by atoms with Crippen molar-refractivity contribution in [2.45, 2.75) is 32.8 Å². The maximum absolute atomic E-state index is 11.4. The minimum atomic E-state index is -0.551. The molecule has 0 aliphatic heterocycles. The quantitative estimate of drug-likeness (QED) is 0.475. The van der Waals surface area contributed by atoms with Gasteiger partial charge < -0.3 is 20.0 Å². The Balaban J connectivity index is 2.54. The molecule has 1 aromatic rings. The number of esters is 1. The molecule has 8 heteroatoms. The van der Waals surface area contributed by atoms with Gasteiger partial charge in [-0.15, -0.1) is 0 Å². The number of methoxy groups -OCH3 is 1. The van der Waals surface area contributed by atoms with E-state index in [-0.39, 0.29) is 19.5 Å². The molecule has 1 rings (SSSR count). The first kappa shape index (κ1) is 18.5. The predicted octanol–water partition coefficient (Wildman–Crippen LogP) is 0.866. The minimum Gasteiger partial charge on any atom is -0.469 e. The fraction of sp³-hybridized carbons (Fsp3) is 0.533. The summed E-state index contributed by atoms with van der Waals surface area (Å²) in [4.78, 5) is 26.7. The lowest BCUT2D eigenvalue weighted by Gasteiger charge is -2.19. The van der Waals surface area contributed by atoms with Crippen molar-refractivity contribution in [1.82, 2.24) is 10.0 Å². The molecule has 0 bridgehead atoms. The van der Waals surface area contributed by atoms with Gasteiger partial charge in [0.2, 0.25) is 0 Å². The Hall–Kier alpha value is -2.51. The van der Waals surface area contributed by atoms with Crippen LogP contribution in [-0.2, 0) is 20.7 Å². The van der Waals surface area contributed by atoms with Crippen LogP contribution < -0.4 is 10.8 Å². The Labute approximate surface area is 134 Å². The van der Waals surface area contributed by atoms with E-state index in [1.54, 1.807) is 32.9 Å². The van der Waals surface area contributed by atoms with E-state index >= 15 is 0 Å². The molecule has 0 aliphatic carbocycles. The molecular formula is C15H23N3O5. The van der Waals surface area contributed by atoms with Gasteiger partial charge in [0.05, 0.1) is 20.1 Å². The topological polar surface area (TPSA) is 102 Å². The highest BCUT2D eigenvalue weighted by Gasteiger charge is 2.15. The first-order chi connectivity index (χ1) is 10.7. The summed E-state index contributed by atoms with van der Waals surface area (Å²) in [5.74, 6) is -0.392. The number of carbonyl (C=O) groups excluding carboxylic acids is 2. The molecular weight excluding hydrogens is 302 g/mol. The average Bonchev–Trinajstić information content (AvgIpc) is 2.43. The van der Waals surface area contributed by atoms with E-state index in [0.717, 1.165) is 4.73 Å². The van der Waals surface area contributed by atoms with Crippen molar-refractivity contribution < 1.29 is 24.3 Å². The van der Waals surface area contributed by atoms with Crippen LogP contribution in [0.3, 0.4) is 0 Å². The number of rotatable bonds is 5. The molecule has 0 unspecified atom stereocenters. The van der Waals surface area contributed by atoms with E-state index in [1.807, 2.05) is 0 Å². The van der Waals surface area contributed by atoms with E-state index in [0.29, 0.717) is 11.1 Å². The summed E-state index contributed by atoms with van der Waals surface area (Å²) in [5.41, 5.74) is 0.361. The third-order valence-corrected chi connectivity index (χ3v) is 2.60. The molecule has 1 amide bonds. The van der Waals surface area contributed by atoms with Crippen molar-refractivity contribution in [3.8, 4) is 0 Å². The first-order valence-corrected chi connectivity index (χ1v) is 7.16. The van der Waals surface area contributed by atoms with E-state index in [9.17, 15) is 14.8 Å². The van der Waals surface area contributed by atoms with Crippen LogP contribution in [0.5, 0.6) is 0 Å². The molecule has 1 heterocycles. The number of ether oxygens (including phenoxy) is 2. The van der Waals surface area contributed by atoms with E-state index in [1.165, 1.54) is 13.3 Å². The largest absolute Gasteiger partial charge is 0.469 e. The van der Waals surface area contributed by atoms with Crippen molar-refractivity contribution in [2.24, 2.45) is 4.99 Å². The summed E-state index contributed by atoms with van der Waals surface area (Å²) in [7, 11) is 1.30. The molecule has 128 valence electrons. The number of hydrogen-bond donors (Lipinski definition) is 2. The van der Waals surface area contributed by atoms with Crippen LogP contribution in [0.2, 0.25) is 0 Å². The Morgan fingerprint density at radius 1 is 1.35 bits per heavy atom. The fourth-order valence-electron chi connectivity index (χ4n) is 1.64. The lowest BCUT2D eigenvalue weighted by atomic mass is 10.2. The summed E-state index contributed by atoms with van der Waals surface area (Å²) in [6.45, 7) is 5.89. The highest BCUT2D eigenvalue weighted by atomic mass is 16.6. The number of nitrogens with zero attached hydrogens (tertiary/aromatic N) is 2. The van der Waals surface area contributed by atoms with E-state index in [4.69, 9.17) is 4.74 Å². The monoisotopic (exact) mass is 325 g/mol. The SMILES string of the molecule is COC(=O)Cc1ccc(=NCCNC(=O)OC(C)(C)C)n(O)c1. The Morgan fingerprint density at radius 2 is 2.04 bits per heavy atom. The van der Waals surface area contributed by atoms with Gasteiger partial charge in [0.15, 0.2) is 5.49 Å². The van der Waals surface area contributed by atoms with Crippen molar-refractivity contribution in [2.75, 3.05) is 20.2 Å². The van der Waals surface area contributed by atoms with Crippen LogP contribution in [0.25, 0.3) is 0 Å². The molecule has 0 radical (unpaired) electrons. The highest BCUT2D eigenvalue weighted by Crippen LogP contribution is 2.06. The third kappa shape index (κ3) is 7.35. The lowest BCUT2D eigenvalue weighted by molar-refractivity contribution is -0.139. The van der Waals surface area contributed by atoms with Gasteiger partial charge >= 0.3 is 12.1 Å². The molecule has 0 spiro atoms. The van der Waals surface area contributed by atoms with Gasteiger partial charge in [0.25, 0.3) is 0 Å². The van der Waals surface area contributed by atoms with Crippen molar-refractivity contribution in [3.05, 3.63) is 29.4 Å². The number of aromatic nitrogens is 1. The smallest absolute Gasteiger partial charge is 0.407 e. The van der Waals surface area contributed by atoms with Crippen LogP contribution in [0.1, 0.15) is 26.3 Å². The van der Waals surface area contributed by atoms with Gasteiger partial charge in [-0.05, 0) is 32.4 Å². The second-order valence-electron chi connectivity index (χ2n) is 5.80. The first-order valence-electron chi connectivity index (χ1n) is 7.16. The van der Waals surface area contributed by atoms with Crippen molar-refractivity contribution in [1.29, 1.82) is 0 Å². The highest BCUT2D eigenvalue weighted by molar-refractivity contribution is 5.72. The lowest BCUT2D eigenvalue weighted by Crippen LogP contribution is -2.34. The molecule has 8 nitrogen and oxygen atoms in total. The Bertz CT molecular complexity index is 616. The van der Waals surface area contributed by atoms with Gasteiger partial charge in [0.1, 0.15) is 5.60 Å². The van der Waals surface area contributed by atoms with Crippen LogP contribution in [0, 0.1) is 0 Å². The van der Waals surface area contributed by atoms with Crippen molar-refractivity contribution >= 4 is 12.1 Å². The second kappa shape index (κ2) is 8.21. The Morgan fingerprint density at radius 3 is 2.61 bits per heavy atom. The number of amides is 1. The maximum Gasteiger partial charge on any atom is 0.407 e. The Kier molecular flexibility index (Phi) is 6.62. The van der Waals surface area contributed by atoms with Gasteiger partial charge in [-0.25, -0.2) is 4.79 Å². The van der Waals surface area contributed by atoms with Crippen LogP contribution in [0.15, 0.2) is 23.3 Å². The summed E-state index contributed by atoms with van der Waals surface area (Å²) in [5, 5.41) is 12.4. The van der Waals surface area contributed by atoms with E-state index < -0.39 is 17.7 Å². The summed E-state index contributed by atoms with van der Waals surface area (Å²) < 4.78 is 10.5. The molecule has 0 aromatic carbocycles. The summed E-state index contributed by atoms with van der Waals surface area (Å²) >= 11 is 0. The molecule has 1 aromatic heterocycles. The van der Waals surface area contributed by atoms with Crippen LogP contribution >= 0.6 is 0 Å². The number of nitrogens with one attached hydrogen (secondary N) is 1. The standard InChI is InChI=1S/C15H23N3O5/c1-15(2,3)23-14(20)17-8-7-16-12-6-5-11(10-18(12)21)9-13(19)22-4/h5-6,10,21H,7-9H2,1-4H3,(H,17,20). The maximum atomic E-state index is 11.4. The van der Waals surface area contributed by atoms with Gasteiger partial charge in [-0.3, -0.25) is 9.79 Å². The zero-order valence-corrected chi connectivity index (χ0v) is 13.8. The second-order valence-corrected chi connectivity index (χ2v) is 5.80. The average molecular weight is 325 g/mol. The fourth-order valence-corrected chi connectivity index (χ4v) is 1.64. The summed E-state index contributed by atoms with van der Waals surface area (Å²) in [6, 6.07) is 3.25. The third-order valence-electron chi connectivity index (χ3n) is 2.60. The molecule has 0 saturated heterocycles. The molecule has 2 N–H and O–H groups in total. The minimum absolute atomic E-state index is 0.0670. The zero-order chi connectivity index (χ0) is 17.5. The molecule has 23 heavy (non-hydrogen) atoms. The van der Waals surface area contributed by atoms with Gasteiger partial charge in [0, 0.05) is 12.7 Å². The number of alkyl carbamates (subject to hydrolysis) is 1. The van der Waals surface area contributed by atoms with Crippen LogP contribution in [-0.4, -0.2) is 47.8 Å². The summed E-state index contributed by atoms with van der Waals surface area (Å²) in [6.07, 6.45) is 0.937. The van der Waals surface area contributed by atoms with Gasteiger partial charge in [-0.1, -0.05) is 6.07 Å². The van der Waals surface area contributed by atoms with E-state index in [2.05, 4.69) is 15.0 Å². The van der Waals surface area contributed by atoms with Gasteiger partial charge in [-0.2, -0.15) is 4.73 Å². The molecule has 0 saturated carbocycles. The predicted molar refractivity (Wildman–Crippen MR) is 82.0 cm³/mol. The van der Waals surface area contributed by atoms with Crippen LogP contribution in [0.4, 0.5) is 4.79 Å². The normalized spacial score (nSPS) is 11.9. The molecule has 0 atom stereocenters. The number of hydrogen-bond acceptors (Lipinski definition) is 6. The number of carbonyl (C=O) groups is 2. The molecule has 0 aliphatic rings. The number of pyridine rings is 1. The van der Waals surface area contributed by atoms with Crippen molar-refractivity contribution in [3.63, 3.8) is 0 Å². The molecule has 0 fully saturated rings. The zero-order valence-electron chi connectivity index (χ0n) is 13.8.